The van der Waals surface area contributed by atoms with Crippen LogP contribution < -0.4 is 5.73 Å². The number of esters is 1. The summed E-state index contributed by atoms with van der Waals surface area (Å²) in [6, 6.07) is -0.906. The van der Waals surface area contributed by atoms with Crippen LogP contribution in [0.3, 0.4) is 0 Å². The first-order valence-electron chi connectivity index (χ1n) is 3.62. The monoisotopic (exact) mass is 185 g/mol. The average molecular weight is 185 g/mol. The molecule has 0 bridgehead atoms. The molecule has 72 valence electrons. The summed E-state index contributed by atoms with van der Waals surface area (Å²) in [5, 5.41) is 6.38. The van der Waals surface area contributed by atoms with E-state index in [1.165, 1.54) is 6.92 Å². The molecule has 0 radical (unpaired) electrons. The number of nitrogens with zero attached hydrogens (tertiary/aromatic N) is 2. The number of nitrogens with two attached hydrogens (primary N) is 1. The van der Waals surface area contributed by atoms with E-state index >= 15 is 0 Å². The van der Waals surface area contributed by atoms with Crippen LogP contribution in [0.25, 0.3) is 0 Å². The van der Waals surface area contributed by atoms with Crippen LogP contribution in [0, 0.1) is 0 Å². The Labute approximate surface area is 75.5 Å². The summed E-state index contributed by atoms with van der Waals surface area (Å²) in [6.45, 7) is 3.48. The molecular formula is C7H11N3O3. The molecule has 0 aliphatic carbocycles. The Morgan fingerprint density at radius 3 is 2.54 bits per heavy atom. The van der Waals surface area contributed by atoms with Gasteiger partial charge in [0, 0.05) is 6.08 Å². The highest BCUT2D eigenvalue weighted by molar-refractivity contribution is 5.82. The average Bonchev–Trinajstić information content (AvgIpc) is 2.01. The number of carbonyl (C=O) groups excluding carboxylic acids is 2. The van der Waals surface area contributed by atoms with E-state index in [2.05, 4.69) is 20.7 Å². The van der Waals surface area contributed by atoms with E-state index in [1.54, 1.807) is 6.92 Å². The fourth-order valence-electron chi connectivity index (χ4n) is 0.511. The number of carbonyl (C=O) groups is 2. The first kappa shape index (κ1) is 11.3. The molecule has 2 amide bonds. The van der Waals surface area contributed by atoms with Crippen LogP contribution in [-0.2, 0) is 9.53 Å². The van der Waals surface area contributed by atoms with Crippen molar-refractivity contribution < 1.29 is 14.3 Å². The van der Waals surface area contributed by atoms with Gasteiger partial charge in [-0.15, -0.1) is 0 Å². The van der Waals surface area contributed by atoms with Gasteiger partial charge in [0.25, 0.3) is 0 Å². The number of amides is 2. The highest BCUT2D eigenvalue weighted by Gasteiger charge is 1.96. The van der Waals surface area contributed by atoms with E-state index in [0.717, 1.165) is 6.08 Å². The lowest BCUT2D eigenvalue weighted by Crippen LogP contribution is -2.03. The zero-order chi connectivity index (χ0) is 10.3. The predicted octanol–water partition coefficient (Wildman–Crippen LogP) is 0.984. The Morgan fingerprint density at radius 1 is 1.46 bits per heavy atom. The van der Waals surface area contributed by atoms with Crippen molar-refractivity contribution in [1.29, 1.82) is 0 Å². The maximum absolute atomic E-state index is 10.8. The number of urea groups is 1. The molecule has 6 nitrogen and oxygen atoms in total. The fourth-order valence-corrected chi connectivity index (χ4v) is 0.511. The first-order valence-corrected chi connectivity index (χ1v) is 3.62. The quantitative estimate of drug-likeness (QED) is 0.403. The van der Waals surface area contributed by atoms with Crippen molar-refractivity contribution in [2.75, 3.05) is 6.61 Å². The van der Waals surface area contributed by atoms with Crippen LogP contribution in [-0.4, -0.2) is 18.6 Å². The van der Waals surface area contributed by atoms with E-state index < -0.39 is 12.0 Å². The molecule has 0 spiro atoms. The smallest absolute Gasteiger partial charge is 0.356 e. The summed E-state index contributed by atoms with van der Waals surface area (Å²) in [4.78, 5) is 20.9. The van der Waals surface area contributed by atoms with Crippen LogP contribution in [0.15, 0.2) is 22.0 Å². The van der Waals surface area contributed by atoms with Crippen molar-refractivity contribution in [2.45, 2.75) is 13.8 Å². The van der Waals surface area contributed by atoms with Gasteiger partial charge in [-0.05, 0) is 13.8 Å². The minimum atomic E-state index is -0.906. The minimum Gasteiger partial charge on any atom is -0.463 e. The van der Waals surface area contributed by atoms with Crippen LogP contribution in [0.1, 0.15) is 13.8 Å². The van der Waals surface area contributed by atoms with Crippen molar-refractivity contribution >= 4 is 12.0 Å². The standard InChI is InChI=1S/C7H11N3O3/c1-3-13-6(11)4-5(2)9-10-7(8)12/h4H,3H2,1-2H3,(H2,8,12)/b5-4-,10-9?. The maximum atomic E-state index is 10.8. The summed E-state index contributed by atoms with van der Waals surface area (Å²) in [6.07, 6.45) is 1.12. The molecule has 0 aromatic rings. The Balaban J connectivity index is 4.16. The Hall–Kier alpha value is -1.72. The number of allylic oxidation sites excluding steroid dienone is 1. The Morgan fingerprint density at radius 2 is 2.08 bits per heavy atom. The van der Waals surface area contributed by atoms with E-state index in [9.17, 15) is 9.59 Å². The number of ether oxygens (including phenoxy) is 1. The number of hydrogen-bond donors (Lipinski definition) is 1. The molecule has 0 rings (SSSR count). The van der Waals surface area contributed by atoms with Gasteiger partial charge >= 0.3 is 12.0 Å². The van der Waals surface area contributed by atoms with Crippen LogP contribution in [0.4, 0.5) is 4.79 Å². The molecule has 0 saturated heterocycles. The molecule has 0 unspecified atom stereocenters. The Bertz CT molecular complexity index is 258. The van der Waals surface area contributed by atoms with Gasteiger partial charge in [-0.1, -0.05) is 5.11 Å². The zero-order valence-electron chi connectivity index (χ0n) is 7.48. The molecule has 0 aliphatic rings. The number of azo groups is 1. The Kier molecular flexibility index (Phi) is 5.09. The van der Waals surface area contributed by atoms with Crippen molar-refractivity contribution in [3.63, 3.8) is 0 Å². The largest absolute Gasteiger partial charge is 0.463 e. The van der Waals surface area contributed by atoms with Crippen molar-refractivity contribution in [3.05, 3.63) is 11.8 Å². The van der Waals surface area contributed by atoms with E-state index in [-0.39, 0.29) is 12.3 Å². The molecule has 2 N–H and O–H groups in total. The van der Waals surface area contributed by atoms with Crippen molar-refractivity contribution in [2.24, 2.45) is 16.0 Å². The summed E-state index contributed by atoms with van der Waals surface area (Å²) in [5.74, 6) is -0.525. The number of rotatable bonds is 3. The molecule has 6 heteroatoms. The third-order valence-corrected chi connectivity index (χ3v) is 0.920. The van der Waals surface area contributed by atoms with Crippen LogP contribution >= 0.6 is 0 Å². The molecule has 0 saturated carbocycles. The van der Waals surface area contributed by atoms with Gasteiger partial charge in [-0.3, -0.25) is 0 Å². The normalized spacial score (nSPS) is 11.7. The summed E-state index contributed by atoms with van der Waals surface area (Å²) in [5.41, 5.74) is 4.95. The second-order valence-corrected chi connectivity index (χ2v) is 2.08. The molecule has 0 aromatic carbocycles. The third kappa shape index (κ3) is 6.67. The highest BCUT2D eigenvalue weighted by atomic mass is 16.5. The van der Waals surface area contributed by atoms with Gasteiger partial charge in [0.15, 0.2) is 0 Å². The lowest BCUT2D eigenvalue weighted by molar-refractivity contribution is -0.137. The fraction of sp³-hybridized carbons (Fsp3) is 0.429. The molecule has 0 fully saturated rings. The van der Waals surface area contributed by atoms with E-state index in [1.807, 2.05) is 0 Å². The van der Waals surface area contributed by atoms with Crippen molar-refractivity contribution in [1.82, 2.24) is 0 Å². The molecule has 0 heterocycles. The summed E-state index contributed by atoms with van der Waals surface area (Å²) in [7, 11) is 0. The molecule has 13 heavy (non-hydrogen) atoms. The van der Waals surface area contributed by atoms with Gasteiger partial charge in [0.1, 0.15) is 0 Å². The highest BCUT2D eigenvalue weighted by Crippen LogP contribution is 1.96. The van der Waals surface area contributed by atoms with Crippen LogP contribution in [0.2, 0.25) is 0 Å². The van der Waals surface area contributed by atoms with Gasteiger partial charge in [-0.25, -0.2) is 9.59 Å². The number of primary amides is 1. The van der Waals surface area contributed by atoms with Gasteiger partial charge in [-0.2, -0.15) is 5.11 Å². The van der Waals surface area contributed by atoms with Gasteiger partial charge in [0.2, 0.25) is 0 Å². The predicted molar refractivity (Wildman–Crippen MR) is 44.8 cm³/mol. The number of hydrogen-bond acceptors (Lipinski definition) is 4. The second-order valence-electron chi connectivity index (χ2n) is 2.08. The zero-order valence-corrected chi connectivity index (χ0v) is 7.48. The molecule has 0 aromatic heterocycles. The summed E-state index contributed by atoms with van der Waals surface area (Å²) >= 11 is 0. The summed E-state index contributed by atoms with van der Waals surface area (Å²) < 4.78 is 4.59. The topological polar surface area (TPSA) is 94.1 Å². The second kappa shape index (κ2) is 5.87. The first-order chi connectivity index (χ1) is 6.06. The lowest BCUT2D eigenvalue weighted by atomic mass is 10.4. The van der Waals surface area contributed by atoms with Crippen LogP contribution in [0.5, 0.6) is 0 Å². The molecular weight excluding hydrogens is 174 g/mol. The van der Waals surface area contributed by atoms with Crippen molar-refractivity contribution in [3.8, 4) is 0 Å². The minimum absolute atomic E-state index is 0.261. The third-order valence-electron chi connectivity index (χ3n) is 0.920. The van der Waals surface area contributed by atoms with Gasteiger partial charge < -0.3 is 10.5 Å². The molecule has 0 aliphatic heterocycles. The SMILES string of the molecule is CCOC(=O)/C=C(/C)N=NC(N)=O. The van der Waals surface area contributed by atoms with Gasteiger partial charge in [0.05, 0.1) is 12.3 Å². The lowest BCUT2D eigenvalue weighted by Gasteiger charge is -1.94. The van der Waals surface area contributed by atoms with E-state index in [4.69, 9.17) is 0 Å². The molecule has 0 atom stereocenters. The maximum Gasteiger partial charge on any atom is 0.356 e. The van der Waals surface area contributed by atoms with E-state index in [0.29, 0.717) is 0 Å².